The fraction of sp³-hybridized carbons (Fsp3) is 0.700. The lowest BCUT2D eigenvalue weighted by molar-refractivity contribution is 0.200. The average Bonchev–Trinajstić information content (AvgIpc) is 2.67. The Bertz CT molecular complexity index is 257. The number of piperazine rings is 1. The van der Waals surface area contributed by atoms with E-state index in [2.05, 4.69) is 26.7 Å². The van der Waals surface area contributed by atoms with E-state index in [4.69, 9.17) is 0 Å². The maximum atomic E-state index is 4.03. The van der Waals surface area contributed by atoms with Gasteiger partial charge in [0.25, 0.3) is 0 Å². The van der Waals surface area contributed by atoms with Crippen LogP contribution >= 0.6 is 0 Å². The smallest absolute Gasteiger partial charge is 0.0946 e. The molecule has 1 saturated heterocycles. The van der Waals surface area contributed by atoms with Gasteiger partial charge in [0.05, 0.1) is 6.33 Å². The van der Waals surface area contributed by atoms with Gasteiger partial charge in [-0.3, -0.25) is 4.90 Å². The lowest BCUT2D eigenvalue weighted by Gasteiger charge is -2.31. The Morgan fingerprint density at radius 2 is 2.43 bits per heavy atom. The molecule has 2 heterocycles. The number of nitrogens with zero attached hydrogens (tertiary/aromatic N) is 3. The van der Waals surface area contributed by atoms with E-state index in [0.29, 0.717) is 6.04 Å². The van der Waals surface area contributed by atoms with Crippen LogP contribution in [0.1, 0.15) is 6.92 Å². The van der Waals surface area contributed by atoms with E-state index in [1.807, 2.05) is 18.7 Å². The third kappa shape index (κ3) is 2.56. The predicted octanol–water partition coefficient (Wildman–Crippen LogP) is 0.177. The van der Waals surface area contributed by atoms with Gasteiger partial charge in [0, 0.05) is 51.2 Å². The van der Waals surface area contributed by atoms with Crippen molar-refractivity contribution in [2.24, 2.45) is 0 Å². The number of aromatic nitrogens is 2. The summed E-state index contributed by atoms with van der Waals surface area (Å²) >= 11 is 0. The van der Waals surface area contributed by atoms with Crippen molar-refractivity contribution in [3.8, 4) is 0 Å². The topological polar surface area (TPSA) is 33.1 Å². The first kappa shape index (κ1) is 9.68. The van der Waals surface area contributed by atoms with Crippen molar-refractivity contribution < 1.29 is 0 Å². The second-order valence-corrected chi connectivity index (χ2v) is 3.96. The third-order valence-electron chi connectivity index (χ3n) is 2.69. The van der Waals surface area contributed by atoms with Crippen LogP contribution in [-0.2, 0) is 6.54 Å². The van der Waals surface area contributed by atoms with Crippen LogP contribution in [0.15, 0.2) is 18.7 Å². The maximum absolute atomic E-state index is 4.03. The van der Waals surface area contributed by atoms with Gasteiger partial charge >= 0.3 is 0 Å². The summed E-state index contributed by atoms with van der Waals surface area (Å²) < 4.78 is 2.13. The Kier molecular flexibility index (Phi) is 3.16. The minimum Gasteiger partial charge on any atom is -0.336 e. The molecule has 0 radical (unpaired) electrons. The summed E-state index contributed by atoms with van der Waals surface area (Å²) in [6, 6.07) is 0.631. The summed E-state index contributed by atoms with van der Waals surface area (Å²) in [5.41, 5.74) is 0. The number of imidazole rings is 1. The first-order valence-corrected chi connectivity index (χ1v) is 5.26. The predicted molar refractivity (Wildman–Crippen MR) is 56.1 cm³/mol. The zero-order chi connectivity index (χ0) is 9.80. The molecule has 0 aromatic carbocycles. The molecule has 1 atom stereocenters. The monoisotopic (exact) mass is 194 g/mol. The van der Waals surface area contributed by atoms with Gasteiger partial charge in [-0.05, 0) is 6.92 Å². The van der Waals surface area contributed by atoms with Crippen molar-refractivity contribution in [2.75, 3.05) is 26.2 Å². The lowest BCUT2D eigenvalue weighted by atomic mass is 10.2. The molecule has 1 aliphatic rings. The molecule has 78 valence electrons. The summed E-state index contributed by atoms with van der Waals surface area (Å²) in [4.78, 5) is 6.53. The summed E-state index contributed by atoms with van der Waals surface area (Å²) in [6.45, 7) is 7.86. The van der Waals surface area contributed by atoms with E-state index < -0.39 is 0 Å². The van der Waals surface area contributed by atoms with Crippen LogP contribution in [0.4, 0.5) is 0 Å². The van der Waals surface area contributed by atoms with E-state index in [1.54, 1.807) is 0 Å². The molecule has 1 aromatic heterocycles. The average molecular weight is 194 g/mol. The molecule has 2 rings (SSSR count). The molecule has 4 nitrogen and oxygen atoms in total. The van der Waals surface area contributed by atoms with E-state index in [9.17, 15) is 0 Å². The highest BCUT2D eigenvalue weighted by Crippen LogP contribution is 1.98. The van der Waals surface area contributed by atoms with Crippen molar-refractivity contribution >= 4 is 0 Å². The SMILES string of the molecule is C[C@@H]1CN(CCn2ccnc2)CCN1. The molecule has 1 aliphatic heterocycles. The molecule has 0 amide bonds. The molecule has 0 saturated carbocycles. The van der Waals surface area contributed by atoms with E-state index in [0.717, 1.165) is 26.2 Å². The molecule has 1 aromatic rings. The van der Waals surface area contributed by atoms with Gasteiger partial charge in [0.1, 0.15) is 0 Å². The van der Waals surface area contributed by atoms with Gasteiger partial charge in [-0.25, -0.2) is 4.98 Å². The Morgan fingerprint density at radius 1 is 1.50 bits per heavy atom. The summed E-state index contributed by atoms with van der Waals surface area (Å²) in [5.74, 6) is 0. The number of rotatable bonds is 3. The normalized spacial score (nSPS) is 23.9. The van der Waals surface area contributed by atoms with Crippen molar-refractivity contribution in [3.05, 3.63) is 18.7 Å². The van der Waals surface area contributed by atoms with Gasteiger partial charge in [-0.15, -0.1) is 0 Å². The zero-order valence-electron chi connectivity index (χ0n) is 8.69. The summed E-state index contributed by atoms with van der Waals surface area (Å²) in [7, 11) is 0. The molecule has 0 unspecified atom stereocenters. The highest BCUT2D eigenvalue weighted by atomic mass is 15.2. The van der Waals surface area contributed by atoms with Gasteiger partial charge in [0.15, 0.2) is 0 Å². The molecular weight excluding hydrogens is 176 g/mol. The van der Waals surface area contributed by atoms with Crippen molar-refractivity contribution in [1.29, 1.82) is 0 Å². The quantitative estimate of drug-likeness (QED) is 0.745. The van der Waals surface area contributed by atoms with Crippen LogP contribution in [-0.4, -0.2) is 46.7 Å². The minimum absolute atomic E-state index is 0.631. The molecule has 0 aliphatic carbocycles. The molecule has 1 fully saturated rings. The zero-order valence-corrected chi connectivity index (χ0v) is 8.69. The number of hydrogen-bond acceptors (Lipinski definition) is 3. The highest BCUT2D eigenvalue weighted by Gasteiger charge is 2.14. The summed E-state index contributed by atoms with van der Waals surface area (Å²) in [6.07, 6.45) is 5.73. The largest absolute Gasteiger partial charge is 0.336 e. The first-order valence-electron chi connectivity index (χ1n) is 5.26. The Labute approximate surface area is 84.9 Å². The molecule has 4 heteroatoms. The second kappa shape index (κ2) is 4.57. The van der Waals surface area contributed by atoms with Gasteiger partial charge < -0.3 is 9.88 Å². The van der Waals surface area contributed by atoms with Crippen molar-refractivity contribution in [2.45, 2.75) is 19.5 Å². The fourth-order valence-electron chi connectivity index (χ4n) is 1.89. The highest BCUT2D eigenvalue weighted by molar-refractivity contribution is 4.77. The maximum Gasteiger partial charge on any atom is 0.0946 e. The molecule has 1 N–H and O–H groups in total. The van der Waals surface area contributed by atoms with Crippen molar-refractivity contribution in [3.63, 3.8) is 0 Å². The van der Waals surface area contributed by atoms with Gasteiger partial charge in [-0.1, -0.05) is 0 Å². The number of nitrogens with one attached hydrogen (secondary N) is 1. The Hall–Kier alpha value is -0.870. The van der Waals surface area contributed by atoms with Crippen LogP contribution < -0.4 is 5.32 Å². The Morgan fingerprint density at radius 3 is 3.14 bits per heavy atom. The van der Waals surface area contributed by atoms with Crippen LogP contribution in [0.25, 0.3) is 0 Å². The fourth-order valence-corrected chi connectivity index (χ4v) is 1.89. The van der Waals surface area contributed by atoms with E-state index in [-0.39, 0.29) is 0 Å². The van der Waals surface area contributed by atoms with Gasteiger partial charge in [0.2, 0.25) is 0 Å². The number of hydrogen-bond donors (Lipinski definition) is 1. The molecular formula is C10H18N4. The standard InChI is InChI=1S/C10H18N4/c1-10-8-13(5-3-12-10)6-7-14-4-2-11-9-14/h2,4,9-10,12H,3,5-8H2,1H3/t10-/m1/s1. The molecule has 0 bridgehead atoms. The van der Waals surface area contributed by atoms with Crippen LogP contribution in [0, 0.1) is 0 Å². The first-order chi connectivity index (χ1) is 6.84. The third-order valence-corrected chi connectivity index (χ3v) is 2.69. The second-order valence-electron chi connectivity index (χ2n) is 3.96. The van der Waals surface area contributed by atoms with Crippen LogP contribution in [0.3, 0.4) is 0 Å². The minimum atomic E-state index is 0.631. The molecule has 14 heavy (non-hydrogen) atoms. The van der Waals surface area contributed by atoms with Gasteiger partial charge in [-0.2, -0.15) is 0 Å². The van der Waals surface area contributed by atoms with Crippen LogP contribution in [0.5, 0.6) is 0 Å². The van der Waals surface area contributed by atoms with Crippen LogP contribution in [0.2, 0.25) is 0 Å². The Balaban J connectivity index is 1.75. The van der Waals surface area contributed by atoms with E-state index in [1.165, 1.54) is 6.54 Å². The lowest BCUT2D eigenvalue weighted by Crippen LogP contribution is -2.49. The summed E-state index contributed by atoms with van der Waals surface area (Å²) in [5, 5.41) is 3.44. The molecule has 0 spiro atoms. The van der Waals surface area contributed by atoms with E-state index >= 15 is 0 Å². The van der Waals surface area contributed by atoms with Crippen molar-refractivity contribution in [1.82, 2.24) is 19.8 Å².